The van der Waals surface area contributed by atoms with Crippen LogP contribution in [0.2, 0.25) is 0 Å². The number of rotatable bonds is 5. The summed E-state index contributed by atoms with van der Waals surface area (Å²) in [6, 6.07) is 5.55. The predicted octanol–water partition coefficient (Wildman–Crippen LogP) is 1.40. The van der Waals surface area contributed by atoms with E-state index in [0.717, 1.165) is 0 Å². The Morgan fingerprint density at radius 1 is 1.44 bits per heavy atom. The van der Waals surface area contributed by atoms with Gasteiger partial charge in [0, 0.05) is 35.7 Å². The summed E-state index contributed by atoms with van der Waals surface area (Å²) in [6.45, 7) is 4.96. The number of carbonyl (C=O) groups is 1. The molecule has 0 saturated carbocycles. The quantitative estimate of drug-likeness (QED) is 0.313. The third-order valence-electron chi connectivity index (χ3n) is 4.81. The van der Waals surface area contributed by atoms with Crippen molar-refractivity contribution < 1.29 is 19.6 Å². The van der Waals surface area contributed by atoms with Gasteiger partial charge in [0.05, 0.1) is 16.4 Å². The van der Waals surface area contributed by atoms with E-state index in [4.69, 9.17) is 4.74 Å². The Kier molecular flexibility index (Phi) is 4.71. The number of nitro groups is 1. The van der Waals surface area contributed by atoms with Crippen LogP contribution < -0.4 is 5.56 Å². The number of H-pyrrole nitrogens is 2. The van der Waals surface area contributed by atoms with Gasteiger partial charge in [0.1, 0.15) is 6.61 Å². The number of nitrogens with one attached hydrogen (secondary N) is 2. The maximum atomic E-state index is 12.7. The van der Waals surface area contributed by atoms with Crippen LogP contribution in [-0.4, -0.2) is 38.4 Å². The first-order valence-electron chi connectivity index (χ1n) is 8.30. The minimum atomic E-state index is -1.50. The lowest BCUT2D eigenvalue weighted by Crippen LogP contribution is -2.50. The van der Waals surface area contributed by atoms with Gasteiger partial charge in [-0.1, -0.05) is 24.8 Å². The van der Waals surface area contributed by atoms with Gasteiger partial charge >= 0.3 is 5.97 Å². The van der Waals surface area contributed by atoms with Crippen LogP contribution in [0.3, 0.4) is 0 Å². The topological polar surface area (TPSA) is 138 Å². The number of aromatic amines is 2. The summed E-state index contributed by atoms with van der Waals surface area (Å²) >= 11 is 0. The van der Waals surface area contributed by atoms with Crippen molar-refractivity contribution in [1.82, 2.24) is 10.2 Å². The van der Waals surface area contributed by atoms with E-state index >= 15 is 0 Å². The molecule has 0 unspecified atom stereocenters. The van der Waals surface area contributed by atoms with Gasteiger partial charge in [-0.15, -0.1) is 0 Å². The molecule has 0 fully saturated rings. The summed E-state index contributed by atoms with van der Waals surface area (Å²) in [7, 11) is 0. The molecule has 27 heavy (non-hydrogen) atoms. The van der Waals surface area contributed by atoms with Crippen LogP contribution in [0.15, 0.2) is 41.7 Å². The maximum absolute atomic E-state index is 12.7. The van der Waals surface area contributed by atoms with Crippen LogP contribution in [0.4, 0.5) is 5.69 Å². The third kappa shape index (κ3) is 3.28. The van der Waals surface area contributed by atoms with Gasteiger partial charge in [0.25, 0.3) is 11.2 Å². The number of benzene rings is 1. The maximum Gasteiger partial charge on any atom is 0.313 e. The van der Waals surface area contributed by atoms with Gasteiger partial charge in [-0.05, 0) is 12.5 Å². The largest absolute Gasteiger partial charge is 0.461 e. The Hall–Kier alpha value is -3.20. The molecule has 3 N–H and O–H groups in total. The highest BCUT2D eigenvalue weighted by Crippen LogP contribution is 2.44. The minimum Gasteiger partial charge on any atom is -0.461 e. The van der Waals surface area contributed by atoms with Crippen LogP contribution in [0.25, 0.3) is 0 Å². The van der Waals surface area contributed by atoms with Crippen LogP contribution in [0, 0.1) is 16.0 Å². The summed E-state index contributed by atoms with van der Waals surface area (Å²) in [5, 5.41) is 27.1. The number of aromatic nitrogens is 2. The number of aliphatic hydroxyl groups is 1. The minimum absolute atomic E-state index is 0.0330. The normalized spacial score (nSPS) is 24.1. The molecule has 1 aromatic carbocycles. The molecular formula is C18H19N3O6. The van der Waals surface area contributed by atoms with Gasteiger partial charge in [-0.25, -0.2) is 0 Å². The van der Waals surface area contributed by atoms with Crippen LogP contribution in [-0.2, 0) is 16.0 Å². The molecule has 2 aromatic rings. The van der Waals surface area contributed by atoms with Gasteiger partial charge in [-0.2, -0.15) is 0 Å². The summed E-state index contributed by atoms with van der Waals surface area (Å²) in [5.41, 5.74) is -0.728. The van der Waals surface area contributed by atoms with Crippen molar-refractivity contribution in [2.24, 2.45) is 5.92 Å². The van der Waals surface area contributed by atoms with Gasteiger partial charge < -0.3 is 14.9 Å². The van der Waals surface area contributed by atoms with E-state index in [9.17, 15) is 24.8 Å². The van der Waals surface area contributed by atoms with Crippen molar-refractivity contribution in [3.8, 4) is 0 Å². The molecular weight excluding hydrogens is 354 g/mol. The van der Waals surface area contributed by atoms with E-state index in [-0.39, 0.29) is 18.7 Å². The molecule has 0 spiro atoms. The van der Waals surface area contributed by atoms with E-state index in [1.54, 1.807) is 0 Å². The van der Waals surface area contributed by atoms with E-state index in [1.165, 1.54) is 37.3 Å². The average Bonchev–Trinajstić information content (AvgIpc) is 2.97. The molecule has 0 radical (unpaired) electrons. The number of ether oxygens (including phenoxy) is 1. The molecule has 1 aliphatic rings. The van der Waals surface area contributed by atoms with Crippen molar-refractivity contribution in [2.75, 3.05) is 6.61 Å². The van der Waals surface area contributed by atoms with Gasteiger partial charge in [0.15, 0.2) is 0 Å². The monoisotopic (exact) mass is 373 g/mol. The Morgan fingerprint density at radius 3 is 2.70 bits per heavy atom. The summed E-state index contributed by atoms with van der Waals surface area (Å²) in [4.78, 5) is 35.5. The Labute approximate surface area is 153 Å². The zero-order valence-electron chi connectivity index (χ0n) is 14.6. The van der Waals surface area contributed by atoms with E-state index < -0.39 is 33.9 Å². The molecule has 0 bridgehead atoms. The highest BCUT2D eigenvalue weighted by atomic mass is 16.6. The SMILES string of the molecule is C=CCOC(=O)[C@@H]1[C@@H](c2ccc([N+](=O)[O-])cc2)c2c([nH][nH]c2=O)C[C@@]1(C)O. The lowest BCUT2D eigenvalue weighted by molar-refractivity contribution is -0.384. The second kappa shape index (κ2) is 6.84. The standard InChI is InChI=1S/C18H19N3O6/c1-3-8-27-17(23)15-13(10-4-6-11(7-5-10)21(25)26)14-12(9-18(15,2)24)19-20-16(14)22/h3-7,13,15,24H,1,8-9H2,2H3,(H2,19,20,22)/t13-,15-,18+/m0/s1. The number of nitro benzene ring substituents is 1. The number of nitrogens with zero attached hydrogens (tertiary/aromatic N) is 1. The molecule has 0 aliphatic heterocycles. The second-order valence-electron chi connectivity index (χ2n) is 6.73. The predicted molar refractivity (Wildman–Crippen MR) is 95.3 cm³/mol. The number of non-ortho nitro benzene ring substituents is 1. The average molecular weight is 373 g/mol. The molecule has 1 aromatic heterocycles. The number of carbonyl (C=O) groups excluding carboxylic acids is 1. The first kappa shape index (κ1) is 18.6. The van der Waals surface area contributed by atoms with Gasteiger partial charge in [0.2, 0.25) is 0 Å². The van der Waals surface area contributed by atoms with E-state index in [1.807, 2.05) is 0 Å². The van der Waals surface area contributed by atoms with E-state index in [0.29, 0.717) is 16.8 Å². The van der Waals surface area contributed by atoms with Crippen LogP contribution >= 0.6 is 0 Å². The highest BCUT2D eigenvalue weighted by Gasteiger charge is 2.51. The van der Waals surface area contributed by atoms with Crippen LogP contribution in [0.1, 0.15) is 29.7 Å². The van der Waals surface area contributed by atoms with Crippen molar-refractivity contribution in [2.45, 2.75) is 24.9 Å². The molecule has 1 heterocycles. The number of fused-ring (bicyclic) bond motifs is 1. The lowest BCUT2D eigenvalue weighted by Gasteiger charge is -2.40. The molecule has 1 aliphatic carbocycles. The van der Waals surface area contributed by atoms with Gasteiger partial charge in [-0.3, -0.25) is 24.8 Å². The molecule has 3 atom stereocenters. The van der Waals surface area contributed by atoms with Crippen LogP contribution in [0.5, 0.6) is 0 Å². The fraction of sp³-hybridized carbons (Fsp3) is 0.333. The summed E-state index contributed by atoms with van der Waals surface area (Å²) < 4.78 is 5.16. The molecule has 3 rings (SSSR count). The zero-order chi connectivity index (χ0) is 19.8. The fourth-order valence-corrected chi connectivity index (χ4v) is 3.65. The zero-order valence-corrected chi connectivity index (χ0v) is 14.6. The number of hydrogen-bond donors (Lipinski definition) is 3. The number of esters is 1. The number of hydrogen-bond acceptors (Lipinski definition) is 6. The lowest BCUT2D eigenvalue weighted by atomic mass is 9.66. The Morgan fingerprint density at radius 2 is 2.11 bits per heavy atom. The molecule has 9 heteroatoms. The van der Waals surface area contributed by atoms with Crippen molar-refractivity contribution in [3.63, 3.8) is 0 Å². The first-order chi connectivity index (χ1) is 12.8. The Balaban J connectivity index is 2.15. The second-order valence-corrected chi connectivity index (χ2v) is 6.73. The molecule has 9 nitrogen and oxygen atoms in total. The van der Waals surface area contributed by atoms with Crippen molar-refractivity contribution in [1.29, 1.82) is 0 Å². The smallest absolute Gasteiger partial charge is 0.313 e. The summed E-state index contributed by atoms with van der Waals surface area (Å²) in [6.07, 6.45) is 1.46. The first-order valence-corrected chi connectivity index (χ1v) is 8.30. The summed E-state index contributed by atoms with van der Waals surface area (Å²) in [5.74, 6) is -2.56. The molecule has 0 saturated heterocycles. The highest BCUT2D eigenvalue weighted by molar-refractivity contribution is 5.77. The van der Waals surface area contributed by atoms with Crippen molar-refractivity contribution in [3.05, 3.63) is 74.2 Å². The Bertz CT molecular complexity index is 941. The van der Waals surface area contributed by atoms with Crippen molar-refractivity contribution >= 4 is 11.7 Å². The fourth-order valence-electron chi connectivity index (χ4n) is 3.65. The third-order valence-corrected chi connectivity index (χ3v) is 4.81. The molecule has 142 valence electrons. The molecule has 0 amide bonds. The van der Waals surface area contributed by atoms with E-state index in [2.05, 4.69) is 16.8 Å².